The van der Waals surface area contributed by atoms with Crippen LogP contribution in [0.1, 0.15) is 11.7 Å². The van der Waals surface area contributed by atoms with E-state index in [0.717, 1.165) is 10.5 Å². The number of alkyl halides is 6. The predicted molar refractivity (Wildman–Crippen MR) is 104 cm³/mol. The number of carbonyl (C=O) groups is 1. The molecule has 0 aliphatic carbocycles. The Bertz CT molecular complexity index is 779. The van der Waals surface area contributed by atoms with Crippen molar-refractivity contribution < 1.29 is 45.3 Å². The lowest BCUT2D eigenvalue weighted by Crippen LogP contribution is -2.56. The zero-order chi connectivity index (χ0) is 24.2. The van der Waals surface area contributed by atoms with Crippen LogP contribution in [0.15, 0.2) is 24.3 Å². The number of benzene rings is 1. The molecule has 2 aliphatic heterocycles. The molecule has 1 amide bonds. The summed E-state index contributed by atoms with van der Waals surface area (Å²) < 4.78 is 91.1. The molecule has 0 N–H and O–H groups in total. The van der Waals surface area contributed by atoms with Gasteiger partial charge >= 0.3 is 18.4 Å². The third-order valence-corrected chi connectivity index (χ3v) is 5.54. The second kappa shape index (κ2) is 10.3. The van der Waals surface area contributed by atoms with Crippen LogP contribution in [0.25, 0.3) is 0 Å². The monoisotopic (exact) mass is 485 g/mol. The summed E-state index contributed by atoms with van der Waals surface area (Å²) >= 11 is 0. The van der Waals surface area contributed by atoms with Crippen LogP contribution in [0.2, 0.25) is 0 Å². The molecule has 186 valence electrons. The van der Waals surface area contributed by atoms with Crippen LogP contribution < -0.4 is 4.74 Å². The number of para-hydroxylation sites is 1. The Morgan fingerprint density at radius 2 is 1.45 bits per heavy atom. The van der Waals surface area contributed by atoms with E-state index < -0.39 is 24.5 Å². The lowest BCUT2D eigenvalue weighted by atomic mass is 10.1. The SMILES string of the molecule is COc1ccccc1C(N1CCOCC1)N1CCN(C(=O)OC(C(F)(F)F)C(F)(F)F)CC1. The number of hydrogen-bond donors (Lipinski definition) is 0. The summed E-state index contributed by atoms with van der Waals surface area (Å²) in [6, 6.07) is 7.39. The standard InChI is InChI=1S/C20H25F6N3O4/c1-31-15-5-3-2-4-14(15)16(28-10-12-32-13-11-28)27-6-8-29(9-7-27)18(30)33-17(19(21,22)23)20(24,25)26/h2-5,16-17H,6-13H2,1H3. The van der Waals surface area contributed by atoms with E-state index in [4.69, 9.17) is 9.47 Å². The molecule has 33 heavy (non-hydrogen) atoms. The lowest BCUT2D eigenvalue weighted by Gasteiger charge is -2.45. The number of carbonyl (C=O) groups excluding carboxylic acids is 1. The van der Waals surface area contributed by atoms with Gasteiger partial charge in [0.2, 0.25) is 0 Å². The van der Waals surface area contributed by atoms with Crippen LogP contribution in [0.4, 0.5) is 31.1 Å². The number of amides is 1. The summed E-state index contributed by atoms with van der Waals surface area (Å²) in [5.41, 5.74) is 0.868. The number of hydrogen-bond acceptors (Lipinski definition) is 6. The second-order valence-electron chi connectivity index (χ2n) is 7.63. The summed E-state index contributed by atoms with van der Waals surface area (Å²) in [7, 11) is 1.54. The Morgan fingerprint density at radius 1 is 0.909 bits per heavy atom. The maximum absolute atomic E-state index is 12.7. The van der Waals surface area contributed by atoms with Gasteiger partial charge in [0.15, 0.2) is 0 Å². The average molecular weight is 485 g/mol. The summed E-state index contributed by atoms with van der Waals surface area (Å²) in [6.07, 6.45) is -17.6. The molecule has 2 saturated heterocycles. The van der Waals surface area contributed by atoms with Crippen LogP contribution in [0, 0.1) is 0 Å². The molecule has 0 bridgehead atoms. The molecule has 0 aromatic heterocycles. The van der Waals surface area contributed by atoms with Gasteiger partial charge in [0.25, 0.3) is 6.10 Å². The molecule has 1 aromatic rings. The molecule has 2 heterocycles. The highest BCUT2D eigenvalue weighted by molar-refractivity contribution is 5.68. The third kappa shape index (κ3) is 6.21. The van der Waals surface area contributed by atoms with Gasteiger partial charge in [0.05, 0.1) is 26.5 Å². The van der Waals surface area contributed by atoms with Crippen molar-refractivity contribution in [1.29, 1.82) is 0 Å². The highest BCUT2D eigenvalue weighted by atomic mass is 19.4. The normalized spacial score (nSPS) is 20.1. The van der Waals surface area contributed by atoms with E-state index in [1.54, 1.807) is 7.11 Å². The first-order chi connectivity index (χ1) is 15.5. The van der Waals surface area contributed by atoms with Crippen molar-refractivity contribution in [3.8, 4) is 5.75 Å². The van der Waals surface area contributed by atoms with Crippen molar-refractivity contribution in [3.63, 3.8) is 0 Å². The largest absolute Gasteiger partial charge is 0.496 e. The first-order valence-electron chi connectivity index (χ1n) is 10.3. The fourth-order valence-corrected chi connectivity index (χ4v) is 3.97. The van der Waals surface area contributed by atoms with Gasteiger partial charge in [0.1, 0.15) is 5.75 Å². The summed E-state index contributed by atoms with van der Waals surface area (Å²) in [6.45, 7) is 2.57. The maximum atomic E-state index is 12.7. The molecule has 2 aliphatic rings. The fourth-order valence-electron chi connectivity index (χ4n) is 3.97. The zero-order valence-corrected chi connectivity index (χ0v) is 17.9. The minimum atomic E-state index is -5.75. The Balaban J connectivity index is 1.72. The zero-order valence-electron chi connectivity index (χ0n) is 17.9. The molecular weight excluding hydrogens is 460 g/mol. The van der Waals surface area contributed by atoms with Crippen molar-refractivity contribution in [2.75, 3.05) is 59.6 Å². The lowest BCUT2D eigenvalue weighted by molar-refractivity contribution is -0.308. The molecule has 1 aromatic carbocycles. The molecule has 13 heteroatoms. The highest BCUT2D eigenvalue weighted by Gasteiger charge is 2.60. The van der Waals surface area contributed by atoms with Gasteiger partial charge in [-0.05, 0) is 6.07 Å². The molecule has 3 rings (SSSR count). The van der Waals surface area contributed by atoms with Crippen LogP contribution in [0.5, 0.6) is 5.75 Å². The van der Waals surface area contributed by atoms with Gasteiger partial charge in [-0.3, -0.25) is 9.80 Å². The maximum Gasteiger partial charge on any atom is 0.434 e. The summed E-state index contributed by atoms with van der Waals surface area (Å²) in [5.74, 6) is 0.647. The van der Waals surface area contributed by atoms with Crippen molar-refractivity contribution in [1.82, 2.24) is 14.7 Å². The van der Waals surface area contributed by atoms with E-state index in [9.17, 15) is 31.1 Å². The van der Waals surface area contributed by atoms with Gasteiger partial charge in [0, 0.05) is 44.8 Å². The Labute approximate surface area is 186 Å². The highest BCUT2D eigenvalue weighted by Crippen LogP contribution is 2.37. The molecule has 0 saturated carbocycles. The van der Waals surface area contributed by atoms with E-state index >= 15 is 0 Å². The minimum absolute atomic E-state index is 0.0861. The van der Waals surface area contributed by atoms with Crippen molar-refractivity contribution in [2.24, 2.45) is 0 Å². The van der Waals surface area contributed by atoms with E-state index in [-0.39, 0.29) is 32.3 Å². The number of ether oxygens (including phenoxy) is 3. The first-order valence-corrected chi connectivity index (χ1v) is 10.3. The Hall–Kier alpha value is -2.25. The molecule has 2 fully saturated rings. The second-order valence-corrected chi connectivity index (χ2v) is 7.63. The quantitative estimate of drug-likeness (QED) is 0.597. The Kier molecular flexibility index (Phi) is 7.96. The van der Waals surface area contributed by atoms with Crippen LogP contribution >= 0.6 is 0 Å². The molecule has 7 nitrogen and oxygen atoms in total. The van der Waals surface area contributed by atoms with Crippen LogP contribution in [0.3, 0.4) is 0 Å². The summed E-state index contributed by atoms with van der Waals surface area (Å²) in [5, 5.41) is 0. The van der Waals surface area contributed by atoms with Crippen LogP contribution in [-0.4, -0.2) is 98.8 Å². The average Bonchev–Trinajstić information content (AvgIpc) is 2.77. The molecule has 0 spiro atoms. The van der Waals surface area contributed by atoms with E-state index in [0.29, 0.717) is 32.1 Å². The van der Waals surface area contributed by atoms with Gasteiger partial charge in [-0.1, -0.05) is 18.2 Å². The first kappa shape index (κ1) is 25.4. The Morgan fingerprint density at radius 3 is 2.00 bits per heavy atom. The molecule has 1 atom stereocenters. The molecule has 0 radical (unpaired) electrons. The number of rotatable bonds is 5. The van der Waals surface area contributed by atoms with Gasteiger partial charge in [-0.25, -0.2) is 4.79 Å². The minimum Gasteiger partial charge on any atom is -0.496 e. The summed E-state index contributed by atoms with van der Waals surface area (Å²) in [4.78, 5) is 17.1. The number of nitrogens with zero attached hydrogens (tertiary/aromatic N) is 3. The molecule has 1 unspecified atom stereocenters. The molecular formula is C20H25F6N3O4. The van der Waals surface area contributed by atoms with Gasteiger partial charge < -0.3 is 19.1 Å². The number of piperazine rings is 1. The van der Waals surface area contributed by atoms with Crippen LogP contribution in [-0.2, 0) is 9.47 Å². The predicted octanol–water partition coefficient (Wildman–Crippen LogP) is 3.27. The van der Waals surface area contributed by atoms with E-state index in [2.05, 4.69) is 9.64 Å². The van der Waals surface area contributed by atoms with Crippen molar-refractivity contribution in [2.45, 2.75) is 24.6 Å². The van der Waals surface area contributed by atoms with E-state index in [1.807, 2.05) is 29.2 Å². The van der Waals surface area contributed by atoms with Crippen molar-refractivity contribution >= 4 is 6.09 Å². The smallest absolute Gasteiger partial charge is 0.434 e. The topological polar surface area (TPSA) is 54.5 Å². The number of morpholine rings is 1. The van der Waals surface area contributed by atoms with E-state index in [1.165, 1.54) is 0 Å². The van der Waals surface area contributed by atoms with Gasteiger partial charge in [-0.15, -0.1) is 0 Å². The number of methoxy groups -OCH3 is 1. The number of halogens is 6. The van der Waals surface area contributed by atoms with Crippen molar-refractivity contribution in [3.05, 3.63) is 29.8 Å². The fraction of sp³-hybridized carbons (Fsp3) is 0.650. The van der Waals surface area contributed by atoms with Gasteiger partial charge in [-0.2, -0.15) is 26.3 Å². The third-order valence-electron chi connectivity index (χ3n) is 5.54.